The lowest BCUT2D eigenvalue weighted by Gasteiger charge is -1.92. The first kappa shape index (κ1) is 8.69. The van der Waals surface area contributed by atoms with Crippen LogP contribution >= 0.6 is 11.3 Å². The lowest BCUT2D eigenvalue weighted by Crippen LogP contribution is -1.84. The first-order valence-corrected chi connectivity index (χ1v) is 5.56. The Morgan fingerprint density at radius 2 is 2.38 bits per heavy atom. The van der Waals surface area contributed by atoms with Gasteiger partial charge in [0.05, 0.1) is 11.9 Å². The minimum absolute atomic E-state index is 1.01. The molecule has 0 aliphatic carbocycles. The summed E-state index contributed by atoms with van der Waals surface area (Å²) in [5.41, 5.74) is 2.99. The lowest BCUT2D eigenvalue weighted by molar-refractivity contribution is 0.709. The SMILES string of the molecule is CCCCCc1cn2ncsc2n1. The average molecular weight is 195 g/mol. The van der Waals surface area contributed by atoms with E-state index in [-0.39, 0.29) is 0 Å². The summed E-state index contributed by atoms with van der Waals surface area (Å²) in [6, 6.07) is 0. The molecule has 0 fully saturated rings. The molecule has 0 amide bonds. The Labute approximate surface area is 81.4 Å². The van der Waals surface area contributed by atoms with E-state index in [9.17, 15) is 0 Å². The van der Waals surface area contributed by atoms with Gasteiger partial charge in [0.25, 0.3) is 0 Å². The first-order chi connectivity index (χ1) is 6.40. The van der Waals surface area contributed by atoms with Crippen LogP contribution in [-0.2, 0) is 6.42 Å². The summed E-state index contributed by atoms with van der Waals surface area (Å²) in [7, 11) is 0. The summed E-state index contributed by atoms with van der Waals surface area (Å²) in [5, 5.41) is 4.14. The molecule has 70 valence electrons. The zero-order valence-corrected chi connectivity index (χ0v) is 8.55. The van der Waals surface area contributed by atoms with Gasteiger partial charge >= 0.3 is 0 Å². The summed E-state index contributed by atoms with van der Waals surface area (Å²) in [5.74, 6) is 0. The molecule has 0 aromatic carbocycles. The van der Waals surface area contributed by atoms with Crippen LogP contribution in [0.3, 0.4) is 0 Å². The van der Waals surface area contributed by atoms with E-state index in [0.29, 0.717) is 0 Å². The fraction of sp³-hybridized carbons (Fsp3) is 0.556. The fourth-order valence-electron chi connectivity index (χ4n) is 1.36. The van der Waals surface area contributed by atoms with Crippen molar-refractivity contribution in [3.63, 3.8) is 0 Å². The van der Waals surface area contributed by atoms with Gasteiger partial charge < -0.3 is 0 Å². The molecular formula is C9H13N3S. The van der Waals surface area contributed by atoms with Crippen LogP contribution in [0.2, 0.25) is 0 Å². The zero-order chi connectivity index (χ0) is 9.10. The second-order valence-electron chi connectivity index (χ2n) is 3.16. The largest absolute Gasteiger partial charge is 0.223 e. The fourth-order valence-corrected chi connectivity index (χ4v) is 1.98. The van der Waals surface area contributed by atoms with E-state index in [2.05, 4.69) is 17.0 Å². The summed E-state index contributed by atoms with van der Waals surface area (Å²) in [4.78, 5) is 5.47. The molecule has 0 saturated carbocycles. The van der Waals surface area contributed by atoms with Crippen molar-refractivity contribution in [2.24, 2.45) is 0 Å². The smallest absolute Gasteiger partial charge is 0.212 e. The van der Waals surface area contributed by atoms with Gasteiger partial charge in [-0.1, -0.05) is 31.1 Å². The van der Waals surface area contributed by atoms with Gasteiger partial charge in [-0.15, -0.1) is 0 Å². The van der Waals surface area contributed by atoms with Gasteiger partial charge in [0.1, 0.15) is 5.51 Å². The minimum atomic E-state index is 1.01. The molecular weight excluding hydrogens is 182 g/mol. The van der Waals surface area contributed by atoms with Crippen molar-refractivity contribution in [1.82, 2.24) is 14.6 Å². The van der Waals surface area contributed by atoms with Crippen LogP contribution in [0.15, 0.2) is 11.7 Å². The number of fused-ring (bicyclic) bond motifs is 1. The minimum Gasteiger partial charge on any atom is -0.223 e. The van der Waals surface area contributed by atoms with Crippen molar-refractivity contribution >= 4 is 16.3 Å². The third kappa shape index (κ3) is 1.88. The Morgan fingerprint density at radius 3 is 3.15 bits per heavy atom. The zero-order valence-electron chi connectivity index (χ0n) is 7.73. The normalized spacial score (nSPS) is 11.2. The van der Waals surface area contributed by atoms with Gasteiger partial charge in [-0.05, 0) is 12.8 Å². The van der Waals surface area contributed by atoms with Crippen LogP contribution < -0.4 is 0 Å². The Hall–Kier alpha value is -0.900. The Balaban J connectivity index is 2.03. The van der Waals surface area contributed by atoms with Crippen molar-refractivity contribution in [2.75, 3.05) is 0 Å². The molecule has 4 heteroatoms. The molecule has 0 N–H and O–H groups in total. The number of nitrogens with zero attached hydrogens (tertiary/aromatic N) is 3. The molecule has 0 unspecified atom stereocenters. The van der Waals surface area contributed by atoms with E-state index in [0.717, 1.165) is 11.4 Å². The molecule has 2 rings (SSSR count). The standard InChI is InChI=1S/C9H13N3S/c1-2-3-4-5-8-6-12-9(11-8)13-7-10-12/h6-7H,2-5H2,1H3. The average Bonchev–Trinajstić information content (AvgIpc) is 2.64. The number of aryl methyl sites for hydroxylation is 1. The molecule has 3 nitrogen and oxygen atoms in total. The van der Waals surface area contributed by atoms with Gasteiger partial charge in [-0.25, -0.2) is 9.50 Å². The van der Waals surface area contributed by atoms with Gasteiger partial charge in [0.15, 0.2) is 0 Å². The van der Waals surface area contributed by atoms with E-state index in [4.69, 9.17) is 0 Å². The molecule has 0 saturated heterocycles. The Morgan fingerprint density at radius 1 is 1.46 bits per heavy atom. The van der Waals surface area contributed by atoms with Crippen molar-refractivity contribution in [3.8, 4) is 0 Å². The maximum absolute atomic E-state index is 4.46. The highest BCUT2D eigenvalue weighted by atomic mass is 32.1. The van der Waals surface area contributed by atoms with Crippen LogP contribution in [-0.4, -0.2) is 14.6 Å². The highest BCUT2D eigenvalue weighted by Gasteiger charge is 2.02. The van der Waals surface area contributed by atoms with Gasteiger partial charge in [-0.3, -0.25) is 0 Å². The van der Waals surface area contributed by atoms with Gasteiger partial charge in [0, 0.05) is 0 Å². The van der Waals surface area contributed by atoms with Gasteiger partial charge in [-0.2, -0.15) is 5.10 Å². The van der Waals surface area contributed by atoms with Crippen LogP contribution in [0.25, 0.3) is 4.96 Å². The highest BCUT2D eigenvalue weighted by molar-refractivity contribution is 7.14. The molecule has 0 bridgehead atoms. The number of rotatable bonds is 4. The molecule has 2 aromatic rings. The number of hydrogen-bond donors (Lipinski definition) is 0. The summed E-state index contributed by atoms with van der Waals surface area (Å²) in [6.07, 6.45) is 6.91. The van der Waals surface area contributed by atoms with E-state index in [1.807, 2.05) is 16.2 Å². The topological polar surface area (TPSA) is 30.2 Å². The lowest BCUT2D eigenvalue weighted by atomic mass is 10.2. The first-order valence-electron chi connectivity index (χ1n) is 4.68. The van der Waals surface area contributed by atoms with E-state index < -0.39 is 0 Å². The van der Waals surface area contributed by atoms with Crippen molar-refractivity contribution in [1.29, 1.82) is 0 Å². The van der Waals surface area contributed by atoms with Crippen LogP contribution in [0.1, 0.15) is 31.9 Å². The predicted molar refractivity (Wildman–Crippen MR) is 54.1 cm³/mol. The summed E-state index contributed by atoms with van der Waals surface area (Å²) < 4.78 is 1.85. The van der Waals surface area contributed by atoms with Crippen molar-refractivity contribution < 1.29 is 0 Å². The number of unbranched alkanes of at least 4 members (excludes halogenated alkanes) is 2. The van der Waals surface area contributed by atoms with Crippen LogP contribution in [0, 0.1) is 0 Å². The highest BCUT2D eigenvalue weighted by Crippen LogP contribution is 2.11. The predicted octanol–water partition coefficient (Wildman–Crippen LogP) is 2.52. The molecule has 0 atom stereocenters. The molecule has 2 heterocycles. The molecule has 13 heavy (non-hydrogen) atoms. The summed E-state index contributed by atoms with van der Waals surface area (Å²) in [6.45, 7) is 2.22. The van der Waals surface area contributed by atoms with Crippen molar-refractivity contribution in [2.45, 2.75) is 32.6 Å². The molecule has 0 aliphatic heterocycles. The van der Waals surface area contributed by atoms with E-state index >= 15 is 0 Å². The number of aromatic nitrogens is 3. The van der Waals surface area contributed by atoms with Crippen LogP contribution in [0.4, 0.5) is 0 Å². The quantitative estimate of drug-likeness (QED) is 0.702. The number of hydrogen-bond acceptors (Lipinski definition) is 3. The maximum atomic E-state index is 4.46. The Kier molecular flexibility index (Phi) is 2.59. The third-order valence-electron chi connectivity index (χ3n) is 2.07. The van der Waals surface area contributed by atoms with E-state index in [1.165, 1.54) is 25.0 Å². The molecule has 0 spiro atoms. The Bertz CT molecular complexity index is 348. The van der Waals surface area contributed by atoms with Crippen molar-refractivity contribution in [3.05, 3.63) is 17.4 Å². The monoisotopic (exact) mass is 195 g/mol. The summed E-state index contributed by atoms with van der Waals surface area (Å²) >= 11 is 1.59. The molecule has 0 radical (unpaired) electrons. The van der Waals surface area contributed by atoms with E-state index in [1.54, 1.807) is 11.3 Å². The second-order valence-corrected chi connectivity index (χ2v) is 3.97. The second kappa shape index (κ2) is 3.87. The third-order valence-corrected chi connectivity index (χ3v) is 2.76. The van der Waals surface area contributed by atoms with Gasteiger partial charge in [0.2, 0.25) is 4.96 Å². The number of imidazole rings is 1. The maximum Gasteiger partial charge on any atom is 0.212 e. The molecule has 2 aromatic heterocycles. The molecule has 0 aliphatic rings. The van der Waals surface area contributed by atoms with Crippen LogP contribution in [0.5, 0.6) is 0 Å².